The lowest BCUT2D eigenvalue weighted by Crippen LogP contribution is -2.33. The van der Waals surface area contributed by atoms with Crippen LogP contribution < -0.4 is 27.3 Å². The molecule has 0 spiro atoms. The molecule has 28 heteroatoms. The summed E-state index contributed by atoms with van der Waals surface area (Å²) in [6.45, 7) is -0.988. The molecule has 2 aliphatic heterocycles. The first-order valence-electron chi connectivity index (χ1n) is 19.6. The minimum absolute atomic E-state index is 0.0859. The van der Waals surface area contributed by atoms with E-state index in [4.69, 9.17) is 18.9 Å². The van der Waals surface area contributed by atoms with Gasteiger partial charge >= 0.3 is 35.1 Å². The number of amides is 2. The van der Waals surface area contributed by atoms with E-state index in [0.717, 1.165) is 10.8 Å². The standard InChI is InChI=1S/C39H39N4O21P3/c44-23-8-11-26-30(16-23)61-31-17-24(45)9-12-27(31)35(26)28-15-21(7-10-25(28)38(50)51)36(48)41-13-3-1-2-6-33(47)40-14-4-5-22-19-43(39(52)42-37(22)49)34-18-29(46)32(62-34)20-60-66(56,57)64-67(58,59)63-65(53,54)55/h7-12,15-17,19,29,32,34,44,46H,1-3,6,13-14,18,20H2,(H,40,47)(H,41,48)(H,50,51)(H,56,57)(H,58,59)(H,42,49,52)(H2,53,54,55)/t29-,32+,34+/m0/s1. The van der Waals surface area contributed by atoms with Crippen molar-refractivity contribution in [1.29, 1.82) is 0 Å². The molecule has 0 radical (unpaired) electrons. The lowest BCUT2D eigenvalue weighted by molar-refractivity contribution is -0.121. The number of carboxylic acids is 1. The summed E-state index contributed by atoms with van der Waals surface area (Å²) in [4.78, 5) is 113. The van der Waals surface area contributed by atoms with E-state index in [9.17, 15) is 67.6 Å². The first kappa shape index (κ1) is 50.3. The Balaban J connectivity index is 0.972. The number of aromatic nitrogens is 2. The van der Waals surface area contributed by atoms with Gasteiger partial charge in [-0.3, -0.25) is 33.3 Å². The number of carboxylic acid groups (broad SMARTS) is 1. The van der Waals surface area contributed by atoms with Crippen molar-refractivity contribution in [3.05, 3.63) is 109 Å². The Bertz CT molecular complexity index is 3100. The van der Waals surface area contributed by atoms with Gasteiger partial charge in [0, 0.05) is 59.8 Å². The number of aliphatic hydroxyl groups excluding tert-OH is 1. The summed E-state index contributed by atoms with van der Waals surface area (Å²) in [7, 11) is -17.0. The number of carbonyl (C=O) groups is 3. The van der Waals surface area contributed by atoms with E-state index in [0.29, 0.717) is 35.8 Å². The second-order valence-electron chi connectivity index (χ2n) is 14.6. The van der Waals surface area contributed by atoms with Gasteiger partial charge in [-0.25, -0.2) is 23.3 Å². The zero-order chi connectivity index (χ0) is 48.8. The number of aromatic carboxylic acids is 1. The molecule has 356 valence electrons. The van der Waals surface area contributed by atoms with E-state index in [1.54, 1.807) is 6.07 Å². The van der Waals surface area contributed by atoms with E-state index < -0.39 is 71.6 Å². The maximum Gasteiger partial charge on any atom is 0.490 e. The van der Waals surface area contributed by atoms with Crippen molar-refractivity contribution in [2.75, 3.05) is 19.7 Å². The molecule has 25 nitrogen and oxygen atoms in total. The van der Waals surface area contributed by atoms with Crippen molar-refractivity contribution in [2.45, 2.75) is 50.5 Å². The molecule has 3 heterocycles. The first-order valence-corrected chi connectivity index (χ1v) is 24.1. The second-order valence-corrected chi connectivity index (χ2v) is 19.0. The summed E-state index contributed by atoms with van der Waals surface area (Å²) in [5, 5.41) is 36.3. The summed E-state index contributed by atoms with van der Waals surface area (Å²) in [6, 6.07) is 12.4. The van der Waals surface area contributed by atoms with E-state index >= 15 is 0 Å². The van der Waals surface area contributed by atoms with Gasteiger partial charge in [0.05, 0.1) is 24.8 Å². The number of aliphatic hydroxyl groups is 1. The fourth-order valence-corrected chi connectivity index (χ4v) is 9.82. The van der Waals surface area contributed by atoms with Gasteiger partial charge in [0.2, 0.25) is 5.91 Å². The predicted molar refractivity (Wildman–Crippen MR) is 230 cm³/mol. The van der Waals surface area contributed by atoms with Gasteiger partial charge in [0.1, 0.15) is 35.0 Å². The van der Waals surface area contributed by atoms with Gasteiger partial charge in [-0.15, -0.1) is 0 Å². The van der Waals surface area contributed by atoms with Crippen LogP contribution in [0.3, 0.4) is 0 Å². The number of nitrogens with one attached hydrogen (secondary N) is 3. The van der Waals surface area contributed by atoms with Crippen LogP contribution in [0.15, 0.2) is 79.6 Å². The van der Waals surface area contributed by atoms with Crippen molar-refractivity contribution in [3.63, 3.8) is 0 Å². The fraction of sp³-hybridized carbons (Fsp3) is 0.282. The van der Waals surface area contributed by atoms with Crippen molar-refractivity contribution in [3.8, 4) is 40.0 Å². The van der Waals surface area contributed by atoms with E-state index in [1.165, 1.54) is 48.5 Å². The monoisotopic (exact) mass is 992 g/mol. The molecule has 0 bridgehead atoms. The van der Waals surface area contributed by atoms with E-state index in [-0.39, 0.29) is 76.6 Å². The molecule has 2 amide bonds. The number of benzene rings is 3. The van der Waals surface area contributed by atoms with Gasteiger partial charge in [-0.1, -0.05) is 18.3 Å². The molecule has 0 saturated carbocycles. The van der Waals surface area contributed by atoms with Gasteiger partial charge < -0.3 is 54.7 Å². The average molecular weight is 993 g/mol. The Morgan fingerprint density at radius 1 is 0.896 bits per heavy atom. The van der Waals surface area contributed by atoms with Crippen LogP contribution in [0, 0.1) is 11.8 Å². The van der Waals surface area contributed by atoms with Crippen molar-refractivity contribution in [2.24, 2.45) is 0 Å². The first-order chi connectivity index (χ1) is 31.5. The normalized spacial score (nSPS) is 17.8. The summed E-state index contributed by atoms with van der Waals surface area (Å²) < 4.78 is 58.3. The zero-order valence-corrected chi connectivity index (χ0v) is 37.0. The summed E-state index contributed by atoms with van der Waals surface area (Å²) in [5.41, 5.74) is -1.32. The van der Waals surface area contributed by atoms with Gasteiger partial charge in [-0.2, -0.15) is 8.62 Å². The van der Waals surface area contributed by atoms with Gasteiger partial charge in [0.25, 0.3) is 11.5 Å². The van der Waals surface area contributed by atoms with Crippen LogP contribution >= 0.6 is 23.5 Å². The van der Waals surface area contributed by atoms with Crippen molar-refractivity contribution < 1.29 is 85.3 Å². The summed E-state index contributed by atoms with van der Waals surface area (Å²) in [5.74, 6) is 2.96. The molecule has 67 heavy (non-hydrogen) atoms. The molecular formula is C39H39N4O21P3. The second kappa shape index (κ2) is 20.8. The van der Waals surface area contributed by atoms with Crippen LogP contribution in [0.25, 0.3) is 33.4 Å². The van der Waals surface area contributed by atoms with Crippen molar-refractivity contribution in [1.82, 2.24) is 20.2 Å². The highest BCUT2D eigenvalue weighted by Gasteiger charge is 2.43. The molecule has 1 fully saturated rings. The Morgan fingerprint density at radius 2 is 1.66 bits per heavy atom. The molecule has 3 aromatic rings. The summed E-state index contributed by atoms with van der Waals surface area (Å²) in [6.07, 6.45) is -2.06. The number of hydrogen-bond acceptors (Lipinski definition) is 16. The smallest absolute Gasteiger partial charge is 0.490 e. The highest BCUT2D eigenvalue weighted by Crippen LogP contribution is 2.66. The summed E-state index contributed by atoms with van der Waals surface area (Å²) >= 11 is 0. The maximum absolute atomic E-state index is 13.2. The number of hydrogen-bond donors (Lipinski definition) is 10. The maximum atomic E-state index is 13.2. The minimum atomic E-state index is -5.80. The van der Waals surface area contributed by atoms with Crippen LogP contribution in [0.4, 0.5) is 0 Å². The minimum Gasteiger partial charge on any atom is -0.508 e. The molecule has 2 aromatic carbocycles. The van der Waals surface area contributed by atoms with E-state index in [1.807, 2.05) is 4.98 Å². The number of H-pyrrole nitrogens is 1. The molecular weight excluding hydrogens is 953 g/mol. The predicted octanol–water partition coefficient (Wildman–Crippen LogP) is 2.27. The average Bonchev–Trinajstić information content (AvgIpc) is 3.60. The van der Waals surface area contributed by atoms with Crippen LogP contribution in [0.1, 0.15) is 64.6 Å². The Labute approximate surface area is 375 Å². The molecule has 1 aromatic heterocycles. The highest BCUT2D eigenvalue weighted by molar-refractivity contribution is 7.66. The highest BCUT2D eigenvalue weighted by atomic mass is 31.3. The number of rotatable bonds is 18. The van der Waals surface area contributed by atoms with Crippen LogP contribution in [-0.2, 0) is 36.4 Å². The lowest BCUT2D eigenvalue weighted by Gasteiger charge is -2.19. The van der Waals surface area contributed by atoms with Gasteiger partial charge in [0.15, 0.2) is 5.43 Å². The number of phosphoric ester groups is 1. The number of phenols is 1. The lowest BCUT2D eigenvalue weighted by atomic mass is 9.89. The quantitative estimate of drug-likeness (QED) is 0.0260. The van der Waals surface area contributed by atoms with Gasteiger partial charge in [-0.05, 0) is 60.9 Å². The van der Waals surface area contributed by atoms with Crippen LogP contribution in [0.2, 0.25) is 0 Å². The molecule has 10 N–H and O–H groups in total. The number of aromatic amines is 1. The number of ether oxygens (including phenoxy) is 1. The van der Waals surface area contributed by atoms with E-state index in [2.05, 4.69) is 35.6 Å². The SMILES string of the molecule is O=C(CCCCCNC(=O)c1ccc(C(=O)O)c(-c2c3ccc(=O)cc-3oc3cc(O)ccc23)c1)NCC#Cc1cn([C@H]2C[C@H](O)[C@@H](COP(=O)(O)OP(=O)(O)OP(=O)(O)O)O2)c(=O)[nH]c1=O. The van der Waals surface area contributed by atoms with Crippen molar-refractivity contribution >= 4 is 52.2 Å². The largest absolute Gasteiger partial charge is 0.508 e. The molecule has 5 atom stereocenters. The Hall–Kier alpha value is -6.09. The third-order valence-corrected chi connectivity index (χ3v) is 13.5. The zero-order valence-electron chi connectivity index (χ0n) is 34.3. The number of aromatic hydroxyl groups is 1. The topological polar surface area (TPSA) is 390 Å². The number of phosphoric acid groups is 3. The number of phenolic OH excluding ortho intramolecular Hbond substituents is 1. The molecule has 2 unspecified atom stereocenters. The number of nitrogens with zero attached hydrogens (tertiary/aromatic N) is 1. The molecule has 1 saturated heterocycles. The molecule has 3 aliphatic rings. The molecule has 1 aliphatic carbocycles. The van der Waals surface area contributed by atoms with Crippen LogP contribution in [-0.4, -0.2) is 94.1 Å². The number of carbonyl (C=O) groups excluding carboxylic acids is 2. The Kier molecular flexibility index (Phi) is 15.6. The molecule has 6 rings (SSSR count). The number of unbranched alkanes of at least 4 members (excludes halogenated alkanes) is 2. The third kappa shape index (κ3) is 13.3. The third-order valence-electron chi connectivity index (χ3n) is 9.72. The fourth-order valence-electron chi connectivity index (χ4n) is 6.79. The Morgan fingerprint density at radius 3 is 2.39 bits per heavy atom. The number of fused-ring (bicyclic) bond motifs is 2. The van der Waals surface area contributed by atoms with Crippen LogP contribution in [0.5, 0.6) is 5.75 Å².